The molecule has 20 heavy (non-hydrogen) atoms. The summed E-state index contributed by atoms with van der Waals surface area (Å²) in [6.45, 7) is -0.101. The highest BCUT2D eigenvalue weighted by Crippen LogP contribution is 2.18. The number of urea groups is 1. The van der Waals surface area contributed by atoms with Crippen LogP contribution in [0.25, 0.3) is 0 Å². The second-order valence-corrected chi connectivity index (χ2v) is 4.85. The first-order chi connectivity index (χ1) is 9.38. The van der Waals surface area contributed by atoms with E-state index in [1.165, 1.54) is 0 Å². The van der Waals surface area contributed by atoms with Crippen LogP contribution in [-0.4, -0.2) is 63.7 Å². The maximum absolute atomic E-state index is 12.0. The number of hydrogen-bond acceptors (Lipinski definition) is 5. The highest BCUT2D eigenvalue weighted by molar-refractivity contribution is 6.01. The SMILES string of the molecule is O=C1CCC(NC(=O)N2C[C@H](O)C[C@H]2C(=O)O)C(=O)N1. The number of likely N-dealkylation sites (tertiary alicyclic amines) is 1. The van der Waals surface area contributed by atoms with Gasteiger partial charge in [-0.05, 0) is 6.42 Å². The number of amides is 4. The van der Waals surface area contributed by atoms with Crippen LogP contribution >= 0.6 is 0 Å². The Balaban J connectivity index is 1.99. The van der Waals surface area contributed by atoms with Gasteiger partial charge in [-0.25, -0.2) is 9.59 Å². The topological polar surface area (TPSA) is 136 Å². The van der Waals surface area contributed by atoms with Crippen LogP contribution in [-0.2, 0) is 14.4 Å². The molecule has 0 aliphatic carbocycles. The number of rotatable bonds is 2. The third kappa shape index (κ3) is 2.87. The normalized spacial score (nSPS) is 30.1. The van der Waals surface area contributed by atoms with Crippen LogP contribution in [0.4, 0.5) is 4.79 Å². The quantitative estimate of drug-likeness (QED) is 0.434. The molecule has 9 heteroatoms. The van der Waals surface area contributed by atoms with Crippen LogP contribution in [0.3, 0.4) is 0 Å². The van der Waals surface area contributed by atoms with Crippen molar-refractivity contribution in [2.75, 3.05) is 6.54 Å². The predicted octanol–water partition coefficient (Wildman–Crippen LogP) is -1.98. The molecule has 0 spiro atoms. The summed E-state index contributed by atoms with van der Waals surface area (Å²) in [7, 11) is 0. The van der Waals surface area contributed by atoms with Crippen LogP contribution in [0.1, 0.15) is 19.3 Å². The number of nitrogens with zero attached hydrogens (tertiary/aromatic N) is 1. The minimum absolute atomic E-state index is 0.0435. The van der Waals surface area contributed by atoms with E-state index in [-0.39, 0.29) is 25.8 Å². The Hall–Kier alpha value is -2.16. The van der Waals surface area contributed by atoms with Crippen LogP contribution in [0.5, 0.6) is 0 Å². The molecule has 0 aromatic carbocycles. The van der Waals surface area contributed by atoms with Crippen molar-refractivity contribution in [1.29, 1.82) is 0 Å². The lowest BCUT2D eigenvalue weighted by Gasteiger charge is -2.26. The van der Waals surface area contributed by atoms with Crippen molar-refractivity contribution < 1.29 is 29.4 Å². The van der Waals surface area contributed by atoms with Crippen molar-refractivity contribution >= 4 is 23.8 Å². The third-order valence-electron chi connectivity index (χ3n) is 3.36. The largest absolute Gasteiger partial charge is 0.480 e. The average Bonchev–Trinajstić information content (AvgIpc) is 2.75. The van der Waals surface area contributed by atoms with Crippen molar-refractivity contribution in [2.45, 2.75) is 37.5 Å². The first-order valence-electron chi connectivity index (χ1n) is 6.20. The fraction of sp³-hybridized carbons (Fsp3) is 0.636. The van der Waals surface area contributed by atoms with Gasteiger partial charge in [-0.1, -0.05) is 0 Å². The van der Waals surface area contributed by atoms with E-state index in [4.69, 9.17) is 5.11 Å². The van der Waals surface area contributed by atoms with Crippen molar-refractivity contribution in [2.24, 2.45) is 0 Å². The second kappa shape index (κ2) is 5.45. The smallest absolute Gasteiger partial charge is 0.326 e. The summed E-state index contributed by atoms with van der Waals surface area (Å²) in [6.07, 6.45) is -0.659. The summed E-state index contributed by atoms with van der Waals surface area (Å²) in [5.41, 5.74) is 0. The van der Waals surface area contributed by atoms with Gasteiger partial charge in [-0.15, -0.1) is 0 Å². The molecule has 0 bridgehead atoms. The van der Waals surface area contributed by atoms with Gasteiger partial charge in [0.05, 0.1) is 6.10 Å². The van der Waals surface area contributed by atoms with Gasteiger partial charge in [0.25, 0.3) is 0 Å². The molecule has 0 aromatic heterocycles. The standard InChI is InChI=1S/C11H15N3O6/c15-5-3-7(10(18)19)14(4-5)11(20)12-6-1-2-8(16)13-9(6)17/h5-7,15H,1-4H2,(H,12,20)(H,18,19)(H,13,16,17)/t5-,6?,7+/m1/s1. The molecule has 0 saturated carbocycles. The van der Waals surface area contributed by atoms with Crippen LogP contribution in [0.2, 0.25) is 0 Å². The van der Waals surface area contributed by atoms with Gasteiger partial charge in [0.2, 0.25) is 11.8 Å². The Labute approximate surface area is 113 Å². The lowest BCUT2D eigenvalue weighted by atomic mass is 10.1. The zero-order valence-corrected chi connectivity index (χ0v) is 10.5. The summed E-state index contributed by atoms with van der Waals surface area (Å²) < 4.78 is 0. The lowest BCUT2D eigenvalue weighted by Crippen LogP contribution is -2.56. The Bertz CT molecular complexity index is 465. The Kier molecular flexibility index (Phi) is 3.89. The molecule has 4 amide bonds. The minimum atomic E-state index is -1.21. The summed E-state index contributed by atoms with van der Waals surface area (Å²) in [4.78, 5) is 46.4. The van der Waals surface area contributed by atoms with Crippen molar-refractivity contribution in [3.8, 4) is 0 Å². The summed E-state index contributed by atoms with van der Waals surface area (Å²) in [5, 5.41) is 22.9. The lowest BCUT2D eigenvalue weighted by molar-refractivity contribution is -0.141. The number of imide groups is 1. The maximum Gasteiger partial charge on any atom is 0.326 e. The predicted molar refractivity (Wildman–Crippen MR) is 63.5 cm³/mol. The molecule has 2 aliphatic heterocycles. The van der Waals surface area contributed by atoms with E-state index in [1.807, 2.05) is 0 Å². The molecule has 0 aromatic rings. The van der Waals surface area contributed by atoms with Gasteiger partial charge >= 0.3 is 12.0 Å². The molecule has 2 aliphatic rings. The number of hydrogen-bond donors (Lipinski definition) is 4. The van der Waals surface area contributed by atoms with E-state index in [0.717, 1.165) is 4.90 Å². The number of carbonyl (C=O) groups excluding carboxylic acids is 3. The first kappa shape index (κ1) is 14.3. The van der Waals surface area contributed by atoms with Crippen molar-refractivity contribution in [3.05, 3.63) is 0 Å². The minimum Gasteiger partial charge on any atom is -0.480 e. The second-order valence-electron chi connectivity index (χ2n) is 4.85. The molecule has 4 N–H and O–H groups in total. The van der Waals surface area contributed by atoms with E-state index in [9.17, 15) is 24.3 Å². The van der Waals surface area contributed by atoms with Gasteiger partial charge in [0.15, 0.2) is 0 Å². The zero-order valence-electron chi connectivity index (χ0n) is 10.5. The number of aliphatic carboxylic acids is 1. The van der Waals surface area contributed by atoms with Crippen molar-refractivity contribution in [1.82, 2.24) is 15.5 Å². The number of aliphatic hydroxyl groups is 1. The molecule has 2 heterocycles. The van der Waals surface area contributed by atoms with Crippen LogP contribution < -0.4 is 10.6 Å². The number of carbonyl (C=O) groups is 4. The molecule has 2 rings (SSSR count). The van der Waals surface area contributed by atoms with Crippen molar-refractivity contribution in [3.63, 3.8) is 0 Å². The molecule has 2 fully saturated rings. The molecule has 2 saturated heterocycles. The fourth-order valence-electron chi connectivity index (χ4n) is 2.34. The highest BCUT2D eigenvalue weighted by Gasteiger charge is 2.40. The monoisotopic (exact) mass is 285 g/mol. The van der Waals surface area contributed by atoms with E-state index < -0.39 is 42.0 Å². The number of piperidine rings is 1. The van der Waals surface area contributed by atoms with E-state index in [0.29, 0.717) is 0 Å². The van der Waals surface area contributed by atoms with E-state index in [1.54, 1.807) is 0 Å². The molecular formula is C11H15N3O6. The van der Waals surface area contributed by atoms with E-state index in [2.05, 4.69) is 10.6 Å². The number of β-amino-alcohol motifs (C(OH)–C–C–N with tert-alkyl or cyclic N) is 1. The maximum atomic E-state index is 12.0. The highest BCUT2D eigenvalue weighted by atomic mass is 16.4. The van der Waals surface area contributed by atoms with Crippen LogP contribution in [0.15, 0.2) is 0 Å². The Morgan fingerprint density at radius 1 is 1.35 bits per heavy atom. The van der Waals surface area contributed by atoms with Gasteiger partial charge in [-0.3, -0.25) is 14.9 Å². The summed E-state index contributed by atoms with van der Waals surface area (Å²) >= 11 is 0. The summed E-state index contributed by atoms with van der Waals surface area (Å²) in [6, 6.07) is -2.71. The first-order valence-corrected chi connectivity index (χ1v) is 6.20. The number of nitrogens with one attached hydrogen (secondary N) is 2. The summed E-state index contributed by atoms with van der Waals surface area (Å²) in [5.74, 6) is -2.22. The molecule has 110 valence electrons. The fourth-order valence-corrected chi connectivity index (χ4v) is 2.34. The van der Waals surface area contributed by atoms with Gasteiger partial charge in [0.1, 0.15) is 12.1 Å². The Morgan fingerprint density at radius 3 is 2.65 bits per heavy atom. The molecule has 9 nitrogen and oxygen atoms in total. The zero-order chi connectivity index (χ0) is 14.9. The van der Waals surface area contributed by atoms with Crippen LogP contribution in [0, 0.1) is 0 Å². The van der Waals surface area contributed by atoms with Gasteiger partial charge < -0.3 is 20.4 Å². The number of aliphatic hydroxyl groups excluding tert-OH is 1. The number of carboxylic acid groups (broad SMARTS) is 1. The average molecular weight is 285 g/mol. The van der Waals surface area contributed by atoms with Gasteiger partial charge in [-0.2, -0.15) is 0 Å². The molecule has 0 radical (unpaired) electrons. The third-order valence-corrected chi connectivity index (χ3v) is 3.36. The Morgan fingerprint density at radius 2 is 2.05 bits per heavy atom. The molecule has 1 unspecified atom stereocenters. The molecular weight excluding hydrogens is 270 g/mol. The molecule has 3 atom stereocenters. The van der Waals surface area contributed by atoms with E-state index >= 15 is 0 Å². The number of carboxylic acids is 1. The van der Waals surface area contributed by atoms with Gasteiger partial charge in [0, 0.05) is 19.4 Å².